The van der Waals surface area contributed by atoms with Gasteiger partial charge in [-0.05, 0) is 37.5 Å². The van der Waals surface area contributed by atoms with Crippen LogP contribution in [0.4, 0.5) is 8.78 Å². The summed E-state index contributed by atoms with van der Waals surface area (Å²) in [4.78, 5) is 16.3. The summed E-state index contributed by atoms with van der Waals surface area (Å²) in [6.45, 7) is 1.62. The predicted octanol–water partition coefficient (Wildman–Crippen LogP) is 1.42. The molecule has 2 fully saturated rings. The van der Waals surface area contributed by atoms with E-state index in [2.05, 4.69) is 15.6 Å². The fraction of sp³-hybridized carbons (Fsp3) is 0.385. The van der Waals surface area contributed by atoms with Crippen molar-refractivity contribution in [2.24, 2.45) is 4.99 Å². The van der Waals surface area contributed by atoms with Crippen molar-refractivity contribution in [2.75, 3.05) is 0 Å². The van der Waals surface area contributed by atoms with Gasteiger partial charge in [-0.1, -0.05) is 6.07 Å². The number of halogens is 2. The number of rotatable bonds is 2. The molecule has 2 aliphatic rings. The maximum absolute atomic E-state index is 13.3. The molecule has 0 spiro atoms. The third kappa shape index (κ3) is 2.07. The van der Waals surface area contributed by atoms with E-state index in [1.165, 1.54) is 6.07 Å². The summed E-state index contributed by atoms with van der Waals surface area (Å²) in [6.07, 6.45) is 2.03. The number of hydrogen-bond donors (Lipinski definition) is 2. The van der Waals surface area contributed by atoms with Crippen molar-refractivity contribution < 1.29 is 13.6 Å². The van der Waals surface area contributed by atoms with Crippen LogP contribution >= 0.6 is 0 Å². The predicted molar refractivity (Wildman–Crippen MR) is 65.4 cm³/mol. The number of benzene rings is 1. The topological polar surface area (TPSA) is 53.5 Å². The molecule has 0 bridgehead atoms. The Balaban J connectivity index is 1.93. The zero-order chi connectivity index (χ0) is 13.6. The van der Waals surface area contributed by atoms with Crippen LogP contribution in [0.5, 0.6) is 0 Å². The van der Waals surface area contributed by atoms with E-state index >= 15 is 0 Å². The first kappa shape index (κ1) is 12.1. The second-order valence-corrected chi connectivity index (χ2v) is 5.04. The number of hydrogen-bond acceptors (Lipinski definition) is 2. The maximum Gasteiger partial charge on any atom is 0.256 e. The maximum atomic E-state index is 13.3. The smallest absolute Gasteiger partial charge is 0.256 e. The molecular weight excluding hydrogens is 252 g/mol. The lowest BCUT2D eigenvalue weighted by Crippen LogP contribution is -2.40. The Morgan fingerprint density at radius 3 is 2.68 bits per heavy atom. The van der Waals surface area contributed by atoms with Crippen molar-refractivity contribution >= 4 is 11.9 Å². The second-order valence-electron chi connectivity index (χ2n) is 5.04. The van der Waals surface area contributed by atoms with E-state index in [1.54, 1.807) is 6.92 Å². The summed E-state index contributed by atoms with van der Waals surface area (Å²) in [6, 6.07) is 3.70. The monoisotopic (exact) mass is 265 g/mol. The highest BCUT2D eigenvalue weighted by molar-refractivity contribution is 6.09. The second kappa shape index (κ2) is 4.01. The number of carbonyl (C=O) groups is 1. The van der Waals surface area contributed by atoms with Crippen LogP contribution in [-0.4, -0.2) is 17.9 Å². The quantitative estimate of drug-likeness (QED) is 0.849. The highest BCUT2D eigenvalue weighted by Gasteiger charge is 2.43. The minimum atomic E-state index is -1.12. The van der Waals surface area contributed by atoms with Crippen molar-refractivity contribution in [2.45, 2.75) is 31.3 Å². The summed E-state index contributed by atoms with van der Waals surface area (Å²) in [5, 5.41) is 5.58. The molecule has 1 aliphatic carbocycles. The summed E-state index contributed by atoms with van der Waals surface area (Å²) < 4.78 is 26.2. The van der Waals surface area contributed by atoms with E-state index < -0.39 is 17.2 Å². The van der Waals surface area contributed by atoms with Crippen molar-refractivity contribution in [3.05, 3.63) is 35.4 Å². The molecule has 3 rings (SSSR count). The van der Waals surface area contributed by atoms with Gasteiger partial charge in [0.2, 0.25) is 0 Å². The third-order valence-electron chi connectivity index (χ3n) is 3.41. The number of aliphatic imine (C=N–C) groups is 1. The molecule has 19 heavy (non-hydrogen) atoms. The minimum Gasteiger partial charge on any atom is -0.338 e. The SMILES string of the molecule is CC1(c2ccc(F)c(F)c2)NC(=NC2CC2)NC1=O. The van der Waals surface area contributed by atoms with Gasteiger partial charge in [0.25, 0.3) is 5.91 Å². The highest BCUT2D eigenvalue weighted by Crippen LogP contribution is 2.28. The van der Waals surface area contributed by atoms with Gasteiger partial charge >= 0.3 is 0 Å². The molecule has 1 atom stereocenters. The van der Waals surface area contributed by atoms with Crippen molar-refractivity contribution in [3.63, 3.8) is 0 Å². The fourth-order valence-corrected chi connectivity index (χ4v) is 2.02. The van der Waals surface area contributed by atoms with Crippen LogP contribution < -0.4 is 10.6 Å². The van der Waals surface area contributed by atoms with Crippen LogP contribution in [-0.2, 0) is 10.3 Å². The van der Waals surface area contributed by atoms with E-state index in [9.17, 15) is 13.6 Å². The normalized spacial score (nSPS) is 28.4. The molecule has 2 N–H and O–H groups in total. The molecule has 100 valence electrons. The summed E-state index contributed by atoms with van der Waals surface area (Å²) in [5.41, 5.74) is -0.757. The lowest BCUT2D eigenvalue weighted by molar-refractivity contribution is -0.123. The summed E-state index contributed by atoms with van der Waals surface area (Å²) in [5.74, 6) is -1.82. The van der Waals surface area contributed by atoms with Gasteiger partial charge in [0.15, 0.2) is 17.6 Å². The van der Waals surface area contributed by atoms with E-state index in [1.807, 2.05) is 0 Å². The van der Waals surface area contributed by atoms with E-state index in [0.717, 1.165) is 25.0 Å². The zero-order valence-corrected chi connectivity index (χ0v) is 10.3. The number of nitrogens with one attached hydrogen (secondary N) is 2. The van der Waals surface area contributed by atoms with Gasteiger partial charge in [0.05, 0.1) is 6.04 Å². The van der Waals surface area contributed by atoms with Gasteiger partial charge < -0.3 is 5.32 Å². The molecule has 1 aromatic carbocycles. The van der Waals surface area contributed by atoms with Gasteiger partial charge in [-0.15, -0.1) is 0 Å². The van der Waals surface area contributed by atoms with Crippen molar-refractivity contribution in [1.29, 1.82) is 0 Å². The summed E-state index contributed by atoms with van der Waals surface area (Å²) in [7, 11) is 0. The molecular formula is C13H13F2N3O. The van der Waals surface area contributed by atoms with Crippen molar-refractivity contribution in [1.82, 2.24) is 10.6 Å². The summed E-state index contributed by atoms with van der Waals surface area (Å²) >= 11 is 0. The molecule has 1 amide bonds. The van der Waals surface area contributed by atoms with Gasteiger partial charge in [-0.2, -0.15) is 0 Å². The fourth-order valence-electron chi connectivity index (χ4n) is 2.02. The van der Waals surface area contributed by atoms with E-state index in [0.29, 0.717) is 11.5 Å². The Hall–Kier alpha value is -1.98. The van der Waals surface area contributed by atoms with Crippen LogP contribution in [0.1, 0.15) is 25.3 Å². The first-order valence-corrected chi connectivity index (χ1v) is 6.12. The molecule has 4 nitrogen and oxygen atoms in total. The molecule has 1 unspecified atom stereocenters. The van der Waals surface area contributed by atoms with Crippen LogP contribution in [0, 0.1) is 11.6 Å². The number of nitrogens with zero attached hydrogens (tertiary/aromatic N) is 1. The number of guanidine groups is 1. The van der Waals surface area contributed by atoms with Gasteiger partial charge in [0, 0.05) is 0 Å². The molecule has 1 saturated carbocycles. The van der Waals surface area contributed by atoms with Crippen LogP contribution in [0.25, 0.3) is 0 Å². The standard InChI is InChI=1S/C13H13F2N3O/c1-13(7-2-5-9(14)10(15)6-7)11(19)17-12(18-13)16-8-3-4-8/h2,5-6,8H,3-4H2,1H3,(H2,16,17,18,19). The molecule has 0 radical (unpaired) electrons. The number of carbonyl (C=O) groups excluding carboxylic acids is 1. The van der Waals surface area contributed by atoms with E-state index in [-0.39, 0.29) is 11.9 Å². The Kier molecular flexibility index (Phi) is 2.55. The Bertz CT molecular complexity index is 583. The molecule has 1 aliphatic heterocycles. The first-order valence-electron chi connectivity index (χ1n) is 6.12. The van der Waals surface area contributed by atoms with Gasteiger partial charge in [0.1, 0.15) is 5.54 Å². The lowest BCUT2D eigenvalue weighted by Gasteiger charge is -2.21. The molecule has 6 heteroatoms. The molecule has 1 aromatic rings. The lowest BCUT2D eigenvalue weighted by atomic mass is 9.92. The highest BCUT2D eigenvalue weighted by atomic mass is 19.2. The Morgan fingerprint density at radius 2 is 2.05 bits per heavy atom. The van der Waals surface area contributed by atoms with Gasteiger partial charge in [-0.3, -0.25) is 10.1 Å². The van der Waals surface area contributed by atoms with Gasteiger partial charge in [-0.25, -0.2) is 13.8 Å². The Morgan fingerprint density at radius 1 is 1.32 bits per heavy atom. The number of amides is 1. The molecule has 1 heterocycles. The van der Waals surface area contributed by atoms with Crippen molar-refractivity contribution in [3.8, 4) is 0 Å². The third-order valence-corrected chi connectivity index (χ3v) is 3.41. The zero-order valence-electron chi connectivity index (χ0n) is 10.3. The average molecular weight is 265 g/mol. The largest absolute Gasteiger partial charge is 0.338 e. The minimum absolute atomic E-state index is 0.259. The van der Waals surface area contributed by atoms with Crippen LogP contribution in [0.15, 0.2) is 23.2 Å². The molecule has 0 aromatic heterocycles. The first-order chi connectivity index (χ1) is 8.99. The average Bonchev–Trinajstić information content (AvgIpc) is 3.10. The van der Waals surface area contributed by atoms with Crippen LogP contribution in [0.2, 0.25) is 0 Å². The Labute approximate surface area is 108 Å². The molecule has 1 saturated heterocycles. The van der Waals surface area contributed by atoms with E-state index in [4.69, 9.17) is 0 Å². The van der Waals surface area contributed by atoms with Crippen LogP contribution in [0.3, 0.4) is 0 Å².